The van der Waals surface area contributed by atoms with E-state index in [0.29, 0.717) is 0 Å². The van der Waals surface area contributed by atoms with Crippen molar-refractivity contribution in [2.75, 3.05) is 18.6 Å². The Bertz CT molecular complexity index is 350. The summed E-state index contributed by atoms with van der Waals surface area (Å²) in [5.41, 5.74) is 0. The van der Waals surface area contributed by atoms with Gasteiger partial charge < -0.3 is 4.74 Å². The van der Waals surface area contributed by atoms with Crippen LogP contribution in [-0.2, 0) is 19.4 Å². The highest BCUT2D eigenvalue weighted by atomic mass is 32.2. The number of rotatable bonds is 3. The monoisotopic (exact) mass is 256 g/mol. The first-order valence-corrected chi connectivity index (χ1v) is 6.75. The molecule has 1 saturated heterocycles. The third-order valence-corrected chi connectivity index (χ3v) is 4.42. The minimum absolute atomic E-state index is 0.0745. The molecular formula is C9H14F2O4S. The van der Waals surface area contributed by atoms with Gasteiger partial charge in [-0.05, 0) is 18.8 Å². The molecule has 0 amide bonds. The molecule has 0 unspecified atom stereocenters. The van der Waals surface area contributed by atoms with Gasteiger partial charge in [-0.15, -0.1) is 0 Å². The van der Waals surface area contributed by atoms with Crippen LogP contribution < -0.4 is 0 Å². The lowest BCUT2D eigenvalue weighted by Gasteiger charge is -2.24. The molecule has 1 aliphatic heterocycles. The number of hydrogen-bond donors (Lipinski definition) is 0. The van der Waals surface area contributed by atoms with Gasteiger partial charge in [0, 0.05) is 6.42 Å². The summed E-state index contributed by atoms with van der Waals surface area (Å²) in [6, 6.07) is 0. The molecular weight excluding hydrogens is 242 g/mol. The molecule has 0 spiro atoms. The van der Waals surface area contributed by atoms with Gasteiger partial charge in [-0.2, -0.15) is 8.78 Å². The van der Waals surface area contributed by atoms with Gasteiger partial charge in [-0.3, -0.25) is 0 Å². The minimum atomic E-state index is -3.51. The van der Waals surface area contributed by atoms with E-state index in [4.69, 9.17) is 0 Å². The molecule has 16 heavy (non-hydrogen) atoms. The third kappa shape index (κ3) is 3.40. The Labute approximate surface area is 92.9 Å². The summed E-state index contributed by atoms with van der Waals surface area (Å²) in [7, 11) is -2.15. The normalized spacial score (nSPS) is 21.7. The lowest BCUT2D eigenvalue weighted by Crippen LogP contribution is -2.35. The summed E-state index contributed by atoms with van der Waals surface area (Å²) in [5, 5.41) is 0. The second kappa shape index (κ2) is 4.65. The highest BCUT2D eigenvalue weighted by molar-refractivity contribution is 7.91. The second-order valence-electron chi connectivity index (χ2n) is 4.00. The van der Waals surface area contributed by atoms with Crippen LogP contribution in [0.4, 0.5) is 8.78 Å². The van der Waals surface area contributed by atoms with Crippen LogP contribution in [0.2, 0.25) is 0 Å². The Hall–Kier alpha value is -0.720. The molecule has 94 valence electrons. The second-order valence-corrected chi connectivity index (χ2v) is 6.30. The smallest absolute Gasteiger partial charge is 0.376 e. The summed E-state index contributed by atoms with van der Waals surface area (Å²) in [4.78, 5) is 10.7. The molecule has 0 saturated carbocycles. The van der Waals surface area contributed by atoms with Crippen molar-refractivity contribution in [1.82, 2.24) is 0 Å². The summed E-state index contributed by atoms with van der Waals surface area (Å²) in [6.07, 6.45) is -0.251. The van der Waals surface area contributed by atoms with Gasteiger partial charge in [0.25, 0.3) is 0 Å². The Morgan fingerprint density at radius 2 is 1.88 bits per heavy atom. The van der Waals surface area contributed by atoms with Crippen molar-refractivity contribution in [2.24, 2.45) is 5.92 Å². The number of carbonyl (C=O) groups is 1. The summed E-state index contributed by atoms with van der Waals surface area (Å²) in [5.74, 6) is -5.65. The SMILES string of the molecule is COC(=O)C(F)(F)CC1CCS(=O)(=O)CC1. The first-order valence-electron chi connectivity index (χ1n) is 4.93. The van der Waals surface area contributed by atoms with Crippen LogP contribution in [0.1, 0.15) is 19.3 Å². The number of esters is 1. The lowest BCUT2D eigenvalue weighted by molar-refractivity contribution is -0.171. The number of methoxy groups -OCH3 is 1. The van der Waals surface area contributed by atoms with Gasteiger partial charge in [0.05, 0.1) is 18.6 Å². The quantitative estimate of drug-likeness (QED) is 0.707. The molecule has 1 rings (SSSR count). The Morgan fingerprint density at radius 1 is 1.38 bits per heavy atom. The van der Waals surface area contributed by atoms with E-state index in [-0.39, 0.29) is 24.3 Å². The fourth-order valence-corrected chi connectivity index (χ4v) is 3.33. The van der Waals surface area contributed by atoms with Gasteiger partial charge in [0.1, 0.15) is 9.84 Å². The van der Waals surface area contributed by atoms with Crippen molar-refractivity contribution >= 4 is 15.8 Å². The molecule has 1 heterocycles. The fraction of sp³-hybridized carbons (Fsp3) is 0.889. The van der Waals surface area contributed by atoms with E-state index < -0.39 is 34.1 Å². The van der Waals surface area contributed by atoms with Crippen LogP contribution in [0.15, 0.2) is 0 Å². The summed E-state index contributed by atoms with van der Waals surface area (Å²) >= 11 is 0. The molecule has 1 fully saturated rings. The minimum Gasteiger partial charge on any atom is -0.465 e. The Morgan fingerprint density at radius 3 is 2.31 bits per heavy atom. The molecule has 0 bridgehead atoms. The van der Waals surface area contributed by atoms with Crippen LogP contribution >= 0.6 is 0 Å². The maximum absolute atomic E-state index is 13.2. The molecule has 4 nitrogen and oxygen atoms in total. The molecule has 0 aromatic carbocycles. The fourth-order valence-electron chi connectivity index (χ4n) is 1.74. The van der Waals surface area contributed by atoms with Gasteiger partial charge in [0.2, 0.25) is 0 Å². The number of ether oxygens (including phenoxy) is 1. The first kappa shape index (κ1) is 13.3. The third-order valence-electron chi connectivity index (χ3n) is 2.70. The van der Waals surface area contributed by atoms with Crippen molar-refractivity contribution in [3.8, 4) is 0 Å². The molecule has 0 aliphatic carbocycles. The first-order chi connectivity index (χ1) is 7.27. The summed E-state index contributed by atoms with van der Waals surface area (Å²) in [6.45, 7) is 0. The average Bonchev–Trinajstić information content (AvgIpc) is 2.20. The number of carbonyl (C=O) groups excluding carboxylic acids is 1. The van der Waals surface area contributed by atoms with Crippen LogP contribution in [-0.4, -0.2) is 38.9 Å². The number of sulfone groups is 1. The number of alkyl halides is 2. The average molecular weight is 256 g/mol. The van der Waals surface area contributed by atoms with Crippen molar-refractivity contribution < 1.29 is 26.7 Å². The van der Waals surface area contributed by atoms with E-state index in [1.54, 1.807) is 0 Å². The van der Waals surface area contributed by atoms with Crippen molar-refractivity contribution in [3.05, 3.63) is 0 Å². The maximum atomic E-state index is 13.2. The van der Waals surface area contributed by atoms with Crippen molar-refractivity contribution in [1.29, 1.82) is 0 Å². The highest BCUT2D eigenvalue weighted by Gasteiger charge is 2.43. The standard InChI is InChI=1S/C9H14F2O4S/c1-15-8(12)9(10,11)6-7-2-4-16(13,14)5-3-7/h7H,2-6H2,1H3. The van der Waals surface area contributed by atoms with Crippen LogP contribution in [0.5, 0.6) is 0 Å². The lowest BCUT2D eigenvalue weighted by atomic mass is 9.95. The zero-order chi connectivity index (χ0) is 12.4. The van der Waals surface area contributed by atoms with E-state index in [1.165, 1.54) is 0 Å². The van der Waals surface area contributed by atoms with Crippen molar-refractivity contribution in [2.45, 2.75) is 25.2 Å². The largest absolute Gasteiger partial charge is 0.465 e. The van der Waals surface area contributed by atoms with E-state index in [1.807, 2.05) is 0 Å². The van der Waals surface area contributed by atoms with Gasteiger partial charge >= 0.3 is 11.9 Å². The molecule has 0 aromatic heterocycles. The van der Waals surface area contributed by atoms with Gasteiger partial charge in [0.15, 0.2) is 0 Å². The van der Waals surface area contributed by atoms with E-state index >= 15 is 0 Å². The van der Waals surface area contributed by atoms with E-state index in [9.17, 15) is 22.0 Å². The molecule has 1 aliphatic rings. The number of hydrogen-bond acceptors (Lipinski definition) is 4. The molecule has 0 radical (unpaired) electrons. The topological polar surface area (TPSA) is 60.4 Å². The molecule has 0 aromatic rings. The van der Waals surface area contributed by atoms with Crippen LogP contribution in [0, 0.1) is 5.92 Å². The van der Waals surface area contributed by atoms with Crippen LogP contribution in [0.3, 0.4) is 0 Å². The summed E-state index contributed by atoms with van der Waals surface area (Å²) < 4.78 is 52.5. The Kier molecular flexibility index (Phi) is 3.88. The zero-order valence-corrected chi connectivity index (χ0v) is 9.73. The maximum Gasteiger partial charge on any atom is 0.376 e. The van der Waals surface area contributed by atoms with Gasteiger partial charge in [-0.25, -0.2) is 13.2 Å². The number of halogens is 2. The van der Waals surface area contributed by atoms with Crippen molar-refractivity contribution in [3.63, 3.8) is 0 Å². The highest BCUT2D eigenvalue weighted by Crippen LogP contribution is 2.31. The van der Waals surface area contributed by atoms with Crippen LogP contribution in [0.25, 0.3) is 0 Å². The van der Waals surface area contributed by atoms with E-state index in [2.05, 4.69) is 4.74 Å². The zero-order valence-electron chi connectivity index (χ0n) is 8.91. The predicted molar refractivity (Wildman–Crippen MR) is 53.0 cm³/mol. The Balaban J connectivity index is 2.54. The molecule has 7 heteroatoms. The molecule has 0 atom stereocenters. The predicted octanol–water partition coefficient (Wildman–Crippen LogP) is 1.01. The molecule has 0 N–H and O–H groups in total. The van der Waals surface area contributed by atoms with E-state index in [0.717, 1.165) is 7.11 Å². The van der Waals surface area contributed by atoms with Gasteiger partial charge in [-0.1, -0.05) is 0 Å².